The highest BCUT2D eigenvalue weighted by Crippen LogP contribution is 2.39. The Morgan fingerprint density at radius 1 is 1.08 bits per heavy atom. The van der Waals surface area contributed by atoms with Gasteiger partial charge in [-0.05, 0) is 38.1 Å². The highest BCUT2D eigenvalue weighted by Gasteiger charge is 2.45. The van der Waals surface area contributed by atoms with Crippen LogP contribution in [0.25, 0.3) is 17.1 Å². The summed E-state index contributed by atoms with van der Waals surface area (Å²) in [5.41, 5.74) is 2.29. The first kappa shape index (κ1) is 18.9. The number of hydrogen-bond acceptors (Lipinski definition) is 2. The molecule has 0 aliphatic carbocycles. The molecule has 2 heterocycles. The highest BCUT2D eigenvalue weighted by atomic mass is 127. The van der Waals surface area contributed by atoms with Gasteiger partial charge in [0.05, 0.1) is 9.49 Å². The number of fused-ring (bicyclic) bond motifs is 1. The summed E-state index contributed by atoms with van der Waals surface area (Å²) in [5, 5.41) is 6.26. The highest BCUT2D eigenvalue weighted by molar-refractivity contribution is 14.1. The molecular formula is C19H19BrIN3S. The maximum Gasteiger partial charge on any atom is 0.314 e. The Bertz CT molecular complexity index is 865. The molecule has 1 aliphatic heterocycles. The minimum atomic E-state index is -0.00922. The number of para-hydroxylation sites is 1. The summed E-state index contributed by atoms with van der Waals surface area (Å²) in [6.07, 6.45) is 0. The minimum absolute atomic E-state index is 0. The standard InChI is InChI=1S/C19H19IN3S.BrH/c1-19(2)16(20)13-24-18-22(15-11-7-4-8-12-15)17(21-23(18)19)14-9-5-3-6-10-14;/h3-12,16H,13H2,1-2H3;1H/q+1;/p-1. The first-order valence-corrected chi connectivity index (χ1v) is 10.3. The Labute approximate surface area is 176 Å². The van der Waals surface area contributed by atoms with Crippen molar-refractivity contribution in [2.75, 3.05) is 5.75 Å². The number of aromatic nitrogens is 3. The van der Waals surface area contributed by atoms with Crippen LogP contribution >= 0.6 is 34.4 Å². The van der Waals surface area contributed by atoms with Gasteiger partial charge in [-0.1, -0.05) is 75.4 Å². The number of benzene rings is 2. The van der Waals surface area contributed by atoms with E-state index in [0.717, 1.165) is 22.8 Å². The molecule has 0 bridgehead atoms. The molecule has 0 saturated heterocycles. The van der Waals surface area contributed by atoms with Crippen LogP contribution in [0.15, 0.2) is 65.8 Å². The van der Waals surface area contributed by atoms with E-state index in [-0.39, 0.29) is 22.5 Å². The van der Waals surface area contributed by atoms with Crippen LogP contribution in [0.2, 0.25) is 0 Å². The van der Waals surface area contributed by atoms with Crippen LogP contribution in [-0.4, -0.2) is 19.5 Å². The maximum atomic E-state index is 5.05. The van der Waals surface area contributed by atoms with Gasteiger partial charge in [-0.3, -0.25) is 0 Å². The average molecular weight is 528 g/mol. The lowest BCUT2D eigenvalue weighted by molar-refractivity contribution is -0.627. The number of rotatable bonds is 2. The molecule has 3 nitrogen and oxygen atoms in total. The van der Waals surface area contributed by atoms with Crippen molar-refractivity contribution in [3.05, 3.63) is 60.7 Å². The fraction of sp³-hybridized carbons (Fsp3) is 0.263. The summed E-state index contributed by atoms with van der Waals surface area (Å²) in [6, 6.07) is 21.0. The SMILES string of the molecule is CC1(C)C(I)CSc2n1nc(-c1ccccc1)[n+]2-c1ccccc1.[Br-]. The third-order valence-electron chi connectivity index (χ3n) is 4.50. The predicted octanol–water partition coefficient (Wildman–Crippen LogP) is 1.48. The zero-order valence-corrected chi connectivity index (χ0v) is 18.6. The van der Waals surface area contributed by atoms with Gasteiger partial charge in [0.1, 0.15) is 11.2 Å². The van der Waals surface area contributed by atoms with Crippen molar-refractivity contribution < 1.29 is 21.5 Å². The van der Waals surface area contributed by atoms with E-state index in [2.05, 4.69) is 100 Å². The summed E-state index contributed by atoms with van der Waals surface area (Å²) in [4.78, 5) is 0. The molecule has 6 heteroatoms. The summed E-state index contributed by atoms with van der Waals surface area (Å²) in [6.45, 7) is 4.56. The molecule has 0 spiro atoms. The number of thioether (sulfide) groups is 1. The fourth-order valence-corrected chi connectivity index (χ4v) is 5.16. The summed E-state index contributed by atoms with van der Waals surface area (Å²) < 4.78 is 5.05. The van der Waals surface area contributed by atoms with Crippen LogP contribution in [0.4, 0.5) is 0 Å². The van der Waals surface area contributed by atoms with Gasteiger partial charge in [0.25, 0.3) is 0 Å². The molecule has 130 valence electrons. The predicted molar refractivity (Wildman–Crippen MR) is 107 cm³/mol. The maximum absolute atomic E-state index is 5.05. The zero-order chi connectivity index (χ0) is 16.7. The second-order valence-corrected chi connectivity index (χ2v) is 8.98. The Balaban J connectivity index is 0.00000182. The van der Waals surface area contributed by atoms with Gasteiger partial charge in [0.15, 0.2) is 0 Å². The smallest absolute Gasteiger partial charge is 0.314 e. The van der Waals surface area contributed by atoms with Gasteiger partial charge < -0.3 is 17.0 Å². The molecule has 2 aromatic carbocycles. The number of halogens is 2. The molecule has 1 aliphatic rings. The van der Waals surface area contributed by atoms with Crippen LogP contribution < -0.4 is 21.5 Å². The lowest BCUT2D eigenvalue weighted by Crippen LogP contribution is -3.00. The van der Waals surface area contributed by atoms with Crippen molar-refractivity contribution in [3.63, 3.8) is 0 Å². The van der Waals surface area contributed by atoms with Crippen molar-refractivity contribution >= 4 is 34.4 Å². The van der Waals surface area contributed by atoms with E-state index >= 15 is 0 Å². The molecule has 0 saturated carbocycles. The summed E-state index contributed by atoms with van der Waals surface area (Å²) in [7, 11) is 0. The van der Waals surface area contributed by atoms with E-state index < -0.39 is 0 Å². The normalized spacial score (nSPS) is 18.3. The Kier molecular flexibility index (Phi) is 5.60. The monoisotopic (exact) mass is 527 g/mol. The van der Waals surface area contributed by atoms with E-state index in [1.807, 2.05) is 17.8 Å². The summed E-state index contributed by atoms with van der Waals surface area (Å²) >= 11 is 4.45. The molecule has 1 aromatic heterocycles. The first-order valence-electron chi connectivity index (χ1n) is 8.02. The topological polar surface area (TPSA) is 21.7 Å². The van der Waals surface area contributed by atoms with E-state index in [1.165, 1.54) is 5.16 Å². The number of nitrogens with zero attached hydrogens (tertiary/aromatic N) is 3. The molecule has 0 fully saturated rings. The van der Waals surface area contributed by atoms with Gasteiger partial charge in [0.2, 0.25) is 0 Å². The van der Waals surface area contributed by atoms with Crippen LogP contribution in [0.3, 0.4) is 0 Å². The van der Waals surface area contributed by atoms with E-state index in [9.17, 15) is 0 Å². The van der Waals surface area contributed by atoms with E-state index in [4.69, 9.17) is 5.10 Å². The van der Waals surface area contributed by atoms with Crippen LogP contribution in [-0.2, 0) is 5.54 Å². The van der Waals surface area contributed by atoms with Crippen LogP contribution in [0.1, 0.15) is 13.8 Å². The van der Waals surface area contributed by atoms with Crippen molar-refractivity contribution in [2.45, 2.75) is 28.5 Å². The Hall–Kier alpha value is -0.860. The molecule has 1 atom stereocenters. The Morgan fingerprint density at radius 2 is 1.68 bits per heavy atom. The molecule has 3 aromatic rings. The second kappa shape index (κ2) is 7.40. The average Bonchev–Trinajstić information content (AvgIpc) is 3.01. The van der Waals surface area contributed by atoms with E-state index in [0.29, 0.717) is 3.92 Å². The van der Waals surface area contributed by atoms with Gasteiger partial charge in [-0.15, -0.1) is 0 Å². The van der Waals surface area contributed by atoms with Crippen molar-refractivity contribution in [1.82, 2.24) is 9.78 Å². The number of hydrogen-bond donors (Lipinski definition) is 0. The van der Waals surface area contributed by atoms with Crippen molar-refractivity contribution in [1.29, 1.82) is 0 Å². The van der Waals surface area contributed by atoms with E-state index in [1.54, 1.807) is 0 Å². The van der Waals surface area contributed by atoms with Crippen molar-refractivity contribution in [2.24, 2.45) is 0 Å². The second-order valence-electron chi connectivity index (χ2n) is 6.49. The Morgan fingerprint density at radius 3 is 2.32 bits per heavy atom. The molecule has 25 heavy (non-hydrogen) atoms. The molecule has 0 amide bonds. The van der Waals surface area contributed by atoms with Gasteiger partial charge in [-0.2, -0.15) is 4.57 Å². The van der Waals surface area contributed by atoms with Crippen LogP contribution in [0.5, 0.6) is 0 Å². The molecule has 0 radical (unpaired) electrons. The third kappa shape index (κ3) is 3.28. The zero-order valence-electron chi connectivity index (χ0n) is 14.1. The third-order valence-corrected chi connectivity index (χ3v) is 8.17. The quantitative estimate of drug-likeness (QED) is 0.286. The van der Waals surface area contributed by atoms with Gasteiger partial charge in [0, 0.05) is 10.9 Å². The lowest BCUT2D eigenvalue weighted by atomic mass is 10.0. The fourth-order valence-electron chi connectivity index (χ4n) is 2.94. The molecule has 0 N–H and O–H groups in total. The number of alkyl halides is 1. The van der Waals surface area contributed by atoms with Gasteiger partial charge >= 0.3 is 11.0 Å². The van der Waals surface area contributed by atoms with Gasteiger partial charge in [-0.25, -0.2) is 0 Å². The summed E-state index contributed by atoms with van der Waals surface area (Å²) in [5.74, 6) is 2.10. The molecule has 4 rings (SSSR count). The lowest BCUT2D eigenvalue weighted by Gasteiger charge is -2.29. The molecular weight excluding hydrogens is 509 g/mol. The largest absolute Gasteiger partial charge is 1.00 e. The first-order chi connectivity index (χ1) is 11.6. The van der Waals surface area contributed by atoms with Crippen LogP contribution in [0, 0.1) is 0 Å². The molecule has 1 unspecified atom stereocenters. The van der Waals surface area contributed by atoms with Crippen molar-refractivity contribution in [3.8, 4) is 17.1 Å². The minimum Gasteiger partial charge on any atom is -1.00 e.